The molecule has 8 heteroatoms. The van der Waals surface area contributed by atoms with Crippen molar-refractivity contribution in [2.24, 2.45) is 5.92 Å². The Balaban J connectivity index is 1.67. The number of rotatable bonds is 4. The van der Waals surface area contributed by atoms with E-state index in [1.165, 1.54) is 18.5 Å². The zero-order valence-electron chi connectivity index (χ0n) is 11.3. The molecule has 1 aromatic carbocycles. The molecule has 2 N–H and O–H groups in total. The highest BCUT2D eigenvalue weighted by Crippen LogP contribution is 2.34. The third kappa shape index (κ3) is 2.85. The summed E-state index contributed by atoms with van der Waals surface area (Å²) in [5.41, 5.74) is 1.02. The Kier molecular flexibility index (Phi) is 3.42. The van der Waals surface area contributed by atoms with Gasteiger partial charge in [-0.05, 0) is 12.1 Å². The van der Waals surface area contributed by atoms with Crippen molar-refractivity contribution in [2.75, 3.05) is 5.32 Å². The van der Waals surface area contributed by atoms with Crippen LogP contribution in [0.2, 0.25) is 0 Å². The molecule has 1 fully saturated rings. The van der Waals surface area contributed by atoms with E-state index in [0.717, 1.165) is 0 Å². The predicted octanol–water partition coefficient (Wildman–Crippen LogP) is 1.45. The van der Waals surface area contributed by atoms with Gasteiger partial charge in [0.15, 0.2) is 5.82 Å². The lowest BCUT2D eigenvalue weighted by molar-refractivity contribution is -0.497. The first-order chi connectivity index (χ1) is 10.5. The molecule has 1 aliphatic rings. The summed E-state index contributed by atoms with van der Waals surface area (Å²) in [7, 11) is 0. The predicted molar refractivity (Wildman–Crippen MR) is 76.7 cm³/mol. The van der Waals surface area contributed by atoms with Crippen LogP contribution in [0.25, 0.3) is 11.4 Å². The van der Waals surface area contributed by atoms with E-state index < -0.39 is 22.8 Å². The normalized spacial score (nSPS) is 19.5. The molecular weight excluding hydrogens is 288 g/mol. The SMILES string of the molecule is O=C(Nc1cnc(-c2cccc(O)c2)nc1)[C@@H]1C[C@@H]1[N+](=O)[O-]. The van der Waals surface area contributed by atoms with Gasteiger partial charge in [-0.3, -0.25) is 14.9 Å². The molecule has 112 valence electrons. The summed E-state index contributed by atoms with van der Waals surface area (Å²) in [5, 5.41) is 22.5. The highest BCUT2D eigenvalue weighted by molar-refractivity contribution is 5.94. The van der Waals surface area contributed by atoms with Crippen LogP contribution in [0.3, 0.4) is 0 Å². The van der Waals surface area contributed by atoms with Crippen molar-refractivity contribution < 1.29 is 14.8 Å². The maximum atomic E-state index is 11.8. The van der Waals surface area contributed by atoms with E-state index in [1.54, 1.807) is 18.2 Å². The Bertz CT molecular complexity index is 732. The average Bonchev–Trinajstić information content (AvgIpc) is 3.29. The van der Waals surface area contributed by atoms with Crippen molar-refractivity contribution in [3.63, 3.8) is 0 Å². The lowest BCUT2D eigenvalue weighted by Crippen LogP contribution is -2.18. The molecular formula is C14H12N4O4. The molecule has 0 spiro atoms. The van der Waals surface area contributed by atoms with Crippen LogP contribution in [0.15, 0.2) is 36.7 Å². The summed E-state index contributed by atoms with van der Waals surface area (Å²) >= 11 is 0. The van der Waals surface area contributed by atoms with E-state index in [-0.39, 0.29) is 12.2 Å². The number of hydrogen-bond acceptors (Lipinski definition) is 6. The van der Waals surface area contributed by atoms with Crippen molar-refractivity contribution in [3.8, 4) is 17.1 Å². The Morgan fingerprint density at radius 3 is 2.68 bits per heavy atom. The Labute approximate surface area is 125 Å². The second kappa shape index (κ2) is 5.40. The topological polar surface area (TPSA) is 118 Å². The van der Waals surface area contributed by atoms with Crippen LogP contribution in [0, 0.1) is 16.0 Å². The van der Waals surface area contributed by atoms with Crippen molar-refractivity contribution in [3.05, 3.63) is 46.8 Å². The van der Waals surface area contributed by atoms with E-state index in [4.69, 9.17) is 0 Å². The van der Waals surface area contributed by atoms with Crippen LogP contribution < -0.4 is 5.32 Å². The molecule has 0 bridgehead atoms. The van der Waals surface area contributed by atoms with Crippen molar-refractivity contribution >= 4 is 11.6 Å². The average molecular weight is 300 g/mol. The monoisotopic (exact) mass is 300 g/mol. The quantitative estimate of drug-likeness (QED) is 0.651. The number of benzene rings is 1. The Morgan fingerprint density at radius 2 is 2.09 bits per heavy atom. The summed E-state index contributed by atoms with van der Waals surface area (Å²) in [4.78, 5) is 30.1. The van der Waals surface area contributed by atoms with Crippen LogP contribution in [-0.2, 0) is 4.79 Å². The third-order valence-corrected chi connectivity index (χ3v) is 3.39. The summed E-state index contributed by atoms with van der Waals surface area (Å²) < 4.78 is 0. The standard InChI is InChI=1S/C14H12N4O4/c19-10-3-1-2-8(4-10)13-15-6-9(7-16-13)17-14(20)11-5-12(11)18(21)22/h1-4,6-7,11-12,19H,5H2,(H,17,20)/t11-,12+/m1/s1. The molecule has 1 aromatic heterocycles. The summed E-state index contributed by atoms with van der Waals surface area (Å²) in [5.74, 6) is -0.460. The van der Waals surface area contributed by atoms with Gasteiger partial charge >= 0.3 is 0 Å². The summed E-state index contributed by atoms with van der Waals surface area (Å²) in [6.45, 7) is 0. The highest BCUT2D eigenvalue weighted by Gasteiger charge is 2.53. The number of carbonyl (C=O) groups is 1. The smallest absolute Gasteiger partial charge is 0.234 e. The van der Waals surface area contributed by atoms with Gasteiger partial charge < -0.3 is 10.4 Å². The van der Waals surface area contributed by atoms with E-state index in [1.807, 2.05) is 0 Å². The molecule has 3 rings (SSSR count). The first kappa shape index (κ1) is 13.9. The molecule has 1 aliphatic carbocycles. The van der Waals surface area contributed by atoms with E-state index in [9.17, 15) is 20.0 Å². The van der Waals surface area contributed by atoms with Gasteiger partial charge in [-0.15, -0.1) is 0 Å². The largest absolute Gasteiger partial charge is 0.508 e. The Hall–Kier alpha value is -3.03. The van der Waals surface area contributed by atoms with E-state index in [2.05, 4.69) is 15.3 Å². The molecule has 1 amide bonds. The second-order valence-electron chi connectivity index (χ2n) is 5.03. The molecule has 0 radical (unpaired) electrons. The maximum Gasteiger partial charge on any atom is 0.234 e. The minimum absolute atomic E-state index is 0.109. The number of aromatic nitrogens is 2. The number of carbonyl (C=O) groups excluding carboxylic acids is 1. The number of phenolic OH excluding ortho intramolecular Hbond substituents is 1. The van der Waals surface area contributed by atoms with Gasteiger partial charge in [0.1, 0.15) is 11.7 Å². The minimum Gasteiger partial charge on any atom is -0.508 e. The van der Waals surface area contributed by atoms with Gasteiger partial charge in [0.05, 0.1) is 18.1 Å². The van der Waals surface area contributed by atoms with Crippen molar-refractivity contribution in [1.82, 2.24) is 9.97 Å². The highest BCUT2D eigenvalue weighted by atomic mass is 16.6. The molecule has 2 aromatic rings. The number of nitrogens with one attached hydrogen (secondary N) is 1. The number of amides is 1. The van der Waals surface area contributed by atoms with E-state index in [0.29, 0.717) is 17.1 Å². The lowest BCUT2D eigenvalue weighted by atomic mass is 10.2. The first-order valence-electron chi connectivity index (χ1n) is 6.60. The Morgan fingerprint density at radius 1 is 1.36 bits per heavy atom. The minimum atomic E-state index is -0.785. The lowest BCUT2D eigenvalue weighted by Gasteiger charge is -2.04. The second-order valence-corrected chi connectivity index (χ2v) is 5.03. The fourth-order valence-corrected chi connectivity index (χ4v) is 2.12. The van der Waals surface area contributed by atoms with Crippen LogP contribution in [0.5, 0.6) is 5.75 Å². The summed E-state index contributed by atoms with van der Waals surface area (Å²) in [6, 6.07) is 5.71. The number of anilines is 1. The zero-order chi connectivity index (χ0) is 15.7. The molecule has 1 heterocycles. The van der Waals surface area contributed by atoms with Gasteiger partial charge in [0.25, 0.3) is 0 Å². The number of nitro groups is 1. The fourth-order valence-electron chi connectivity index (χ4n) is 2.12. The van der Waals surface area contributed by atoms with Crippen LogP contribution >= 0.6 is 0 Å². The van der Waals surface area contributed by atoms with Crippen molar-refractivity contribution in [2.45, 2.75) is 12.5 Å². The van der Waals surface area contributed by atoms with Gasteiger partial charge in [-0.2, -0.15) is 0 Å². The number of hydrogen-bond donors (Lipinski definition) is 2. The fraction of sp³-hybridized carbons (Fsp3) is 0.214. The number of phenols is 1. The molecule has 0 saturated heterocycles. The number of aromatic hydroxyl groups is 1. The van der Waals surface area contributed by atoms with Gasteiger partial charge in [-0.1, -0.05) is 12.1 Å². The van der Waals surface area contributed by atoms with Crippen LogP contribution in [0.1, 0.15) is 6.42 Å². The van der Waals surface area contributed by atoms with Gasteiger partial charge in [-0.25, -0.2) is 9.97 Å². The van der Waals surface area contributed by atoms with Crippen LogP contribution in [-0.4, -0.2) is 31.9 Å². The molecule has 0 aliphatic heterocycles. The van der Waals surface area contributed by atoms with E-state index >= 15 is 0 Å². The zero-order valence-corrected chi connectivity index (χ0v) is 11.3. The molecule has 0 unspecified atom stereocenters. The molecule has 1 saturated carbocycles. The van der Waals surface area contributed by atoms with Gasteiger partial charge in [0, 0.05) is 16.9 Å². The van der Waals surface area contributed by atoms with Gasteiger partial charge in [0.2, 0.25) is 11.9 Å². The maximum absolute atomic E-state index is 11.8. The first-order valence-corrected chi connectivity index (χ1v) is 6.60. The third-order valence-electron chi connectivity index (χ3n) is 3.39. The molecule has 22 heavy (non-hydrogen) atoms. The molecule has 8 nitrogen and oxygen atoms in total. The number of nitrogens with zero attached hydrogens (tertiary/aromatic N) is 3. The van der Waals surface area contributed by atoms with Crippen molar-refractivity contribution in [1.29, 1.82) is 0 Å². The van der Waals surface area contributed by atoms with Crippen LogP contribution in [0.4, 0.5) is 5.69 Å². The summed E-state index contributed by atoms with van der Waals surface area (Å²) in [6.07, 6.45) is 3.11. The molecule has 2 atom stereocenters.